The van der Waals surface area contributed by atoms with E-state index in [1.807, 2.05) is 30.0 Å². The first kappa shape index (κ1) is 13.3. The van der Waals surface area contributed by atoms with Gasteiger partial charge in [-0.15, -0.1) is 0 Å². The van der Waals surface area contributed by atoms with Gasteiger partial charge in [0.05, 0.1) is 18.2 Å². The maximum Gasteiger partial charge on any atom is 0.231 e. The third-order valence-corrected chi connectivity index (χ3v) is 3.39. The molecule has 1 aromatic rings. The first-order chi connectivity index (χ1) is 9.10. The minimum atomic E-state index is -0.292. The number of nitrogens with two attached hydrogens (primary N) is 1. The largest absolute Gasteiger partial charge is 0.369 e. The van der Waals surface area contributed by atoms with Crippen LogP contribution in [0, 0.1) is 18.3 Å². The lowest BCUT2D eigenvalue weighted by Crippen LogP contribution is -2.36. The fourth-order valence-electron chi connectivity index (χ4n) is 2.36. The molecule has 0 unspecified atom stereocenters. The molecule has 19 heavy (non-hydrogen) atoms. The van der Waals surface area contributed by atoms with E-state index in [-0.39, 0.29) is 5.91 Å². The van der Waals surface area contributed by atoms with Gasteiger partial charge < -0.3 is 5.73 Å². The van der Waals surface area contributed by atoms with Crippen LogP contribution in [-0.4, -0.2) is 30.4 Å². The Morgan fingerprint density at radius 1 is 1.53 bits per heavy atom. The topological polar surface area (TPSA) is 70.1 Å². The van der Waals surface area contributed by atoms with Crippen molar-refractivity contribution in [2.75, 3.05) is 19.6 Å². The Kier molecular flexibility index (Phi) is 3.98. The highest BCUT2D eigenvalue weighted by Crippen LogP contribution is 2.25. The van der Waals surface area contributed by atoms with Crippen molar-refractivity contribution in [2.24, 2.45) is 5.73 Å². The molecule has 0 aromatic heterocycles. The first-order valence-electron chi connectivity index (χ1n) is 6.31. The summed E-state index contributed by atoms with van der Waals surface area (Å²) in [5.41, 5.74) is 9.43. The van der Waals surface area contributed by atoms with E-state index in [1.165, 1.54) is 11.1 Å². The van der Waals surface area contributed by atoms with Gasteiger partial charge in [0.1, 0.15) is 0 Å². The van der Waals surface area contributed by atoms with Crippen LogP contribution in [0.5, 0.6) is 0 Å². The molecule has 0 atom stereocenters. The third-order valence-electron chi connectivity index (χ3n) is 3.39. The minimum absolute atomic E-state index is 0.292. The van der Waals surface area contributed by atoms with Gasteiger partial charge in [0, 0.05) is 13.1 Å². The molecule has 98 valence electrons. The average molecular weight is 255 g/mol. The number of rotatable bonds is 3. The summed E-state index contributed by atoms with van der Waals surface area (Å²) in [7, 11) is 0. The van der Waals surface area contributed by atoms with Gasteiger partial charge in [-0.1, -0.05) is 12.1 Å². The van der Waals surface area contributed by atoms with Crippen LogP contribution in [0.25, 0.3) is 5.57 Å². The smallest absolute Gasteiger partial charge is 0.231 e. The highest BCUT2D eigenvalue weighted by molar-refractivity contribution is 5.76. The zero-order valence-corrected chi connectivity index (χ0v) is 11.0. The number of benzene rings is 1. The van der Waals surface area contributed by atoms with E-state index >= 15 is 0 Å². The lowest BCUT2D eigenvalue weighted by Gasteiger charge is -2.25. The number of aryl methyl sites for hydroxylation is 1. The van der Waals surface area contributed by atoms with E-state index in [1.54, 1.807) is 0 Å². The van der Waals surface area contributed by atoms with E-state index in [0.717, 1.165) is 25.1 Å². The maximum absolute atomic E-state index is 10.9. The van der Waals surface area contributed by atoms with E-state index in [2.05, 4.69) is 12.1 Å². The molecule has 1 amide bonds. The Balaban J connectivity index is 2.18. The standard InChI is InChI=1S/C15H17N3O/c1-11-2-3-12(9-16)8-14(11)13-4-6-18(7-5-13)10-15(17)19/h2-4,8H,5-7,10H2,1H3,(H2,17,19). The number of amides is 1. The van der Waals surface area contributed by atoms with E-state index < -0.39 is 0 Å². The molecule has 0 saturated carbocycles. The highest BCUT2D eigenvalue weighted by atomic mass is 16.1. The monoisotopic (exact) mass is 255 g/mol. The molecule has 0 aliphatic carbocycles. The van der Waals surface area contributed by atoms with Crippen molar-refractivity contribution >= 4 is 11.5 Å². The maximum atomic E-state index is 10.9. The van der Waals surface area contributed by atoms with Gasteiger partial charge in [0.25, 0.3) is 0 Å². The summed E-state index contributed by atoms with van der Waals surface area (Å²) in [5.74, 6) is -0.292. The zero-order valence-electron chi connectivity index (χ0n) is 11.0. The number of carbonyl (C=O) groups is 1. The van der Waals surface area contributed by atoms with Crippen LogP contribution in [0.1, 0.15) is 23.1 Å². The molecular weight excluding hydrogens is 238 g/mol. The summed E-state index contributed by atoms with van der Waals surface area (Å²) in [4.78, 5) is 12.9. The highest BCUT2D eigenvalue weighted by Gasteiger charge is 2.15. The molecule has 0 fully saturated rings. The summed E-state index contributed by atoms with van der Waals surface area (Å²) >= 11 is 0. The van der Waals surface area contributed by atoms with Gasteiger partial charge in [-0.2, -0.15) is 5.26 Å². The summed E-state index contributed by atoms with van der Waals surface area (Å²) in [6.07, 6.45) is 3.00. The summed E-state index contributed by atoms with van der Waals surface area (Å²) in [5, 5.41) is 8.96. The van der Waals surface area contributed by atoms with Crippen LogP contribution in [0.3, 0.4) is 0 Å². The fourth-order valence-corrected chi connectivity index (χ4v) is 2.36. The van der Waals surface area contributed by atoms with E-state index in [4.69, 9.17) is 11.0 Å². The van der Waals surface area contributed by atoms with Crippen LogP contribution in [0.15, 0.2) is 24.3 Å². The van der Waals surface area contributed by atoms with Crippen LogP contribution >= 0.6 is 0 Å². The molecule has 4 heteroatoms. The predicted octanol–water partition coefficient (Wildman–Crippen LogP) is 1.44. The van der Waals surface area contributed by atoms with Crippen LogP contribution < -0.4 is 5.73 Å². The van der Waals surface area contributed by atoms with Crippen molar-refractivity contribution in [1.82, 2.24) is 4.90 Å². The Morgan fingerprint density at radius 2 is 2.32 bits per heavy atom. The van der Waals surface area contributed by atoms with Gasteiger partial charge in [0.2, 0.25) is 5.91 Å². The molecule has 1 aliphatic rings. The number of nitrogens with zero attached hydrogens (tertiary/aromatic N) is 2. The Morgan fingerprint density at radius 3 is 2.89 bits per heavy atom. The second-order valence-corrected chi connectivity index (χ2v) is 4.82. The van der Waals surface area contributed by atoms with Crippen LogP contribution in [-0.2, 0) is 4.79 Å². The molecule has 0 spiro atoms. The number of carbonyl (C=O) groups excluding carboxylic acids is 1. The fraction of sp³-hybridized carbons (Fsp3) is 0.333. The predicted molar refractivity (Wildman–Crippen MR) is 74.1 cm³/mol. The lowest BCUT2D eigenvalue weighted by molar-refractivity contribution is -0.119. The van der Waals surface area contributed by atoms with Gasteiger partial charge in [0.15, 0.2) is 0 Å². The summed E-state index contributed by atoms with van der Waals surface area (Å²) in [6, 6.07) is 7.92. The second kappa shape index (κ2) is 5.68. The zero-order chi connectivity index (χ0) is 13.8. The normalized spacial score (nSPS) is 15.7. The summed E-state index contributed by atoms with van der Waals surface area (Å²) in [6.45, 7) is 3.91. The molecule has 2 rings (SSSR count). The molecule has 0 radical (unpaired) electrons. The molecule has 0 bridgehead atoms. The molecule has 4 nitrogen and oxygen atoms in total. The van der Waals surface area contributed by atoms with Crippen LogP contribution in [0.2, 0.25) is 0 Å². The Labute approximate surface area is 113 Å². The lowest BCUT2D eigenvalue weighted by atomic mass is 9.94. The molecule has 2 N–H and O–H groups in total. The first-order valence-corrected chi connectivity index (χ1v) is 6.31. The minimum Gasteiger partial charge on any atom is -0.369 e. The Bertz CT molecular complexity index is 569. The van der Waals surface area contributed by atoms with Gasteiger partial charge in [-0.25, -0.2) is 0 Å². The van der Waals surface area contributed by atoms with Gasteiger partial charge in [-0.05, 0) is 42.2 Å². The molecular formula is C15H17N3O. The van der Waals surface area contributed by atoms with E-state index in [9.17, 15) is 4.79 Å². The van der Waals surface area contributed by atoms with Crippen molar-refractivity contribution in [2.45, 2.75) is 13.3 Å². The van der Waals surface area contributed by atoms with Gasteiger partial charge in [-0.3, -0.25) is 9.69 Å². The number of primary amides is 1. The number of hydrogen-bond donors (Lipinski definition) is 1. The van der Waals surface area contributed by atoms with E-state index in [0.29, 0.717) is 12.1 Å². The van der Waals surface area contributed by atoms with Crippen molar-refractivity contribution in [3.63, 3.8) is 0 Å². The summed E-state index contributed by atoms with van der Waals surface area (Å²) < 4.78 is 0. The second-order valence-electron chi connectivity index (χ2n) is 4.82. The molecule has 0 saturated heterocycles. The molecule has 1 heterocycles. The van der Waals surface area contributed by atoms with Crippen molar-refractivity contribution in [3.05, 3.63) is 41.0 Å². The van der Waals surface area contributed by atoms with Crippen molar-refractivity contribution in [3.8, 4) is 6.07 Å². The van der Waals surface area contributed by atoms with Crippen molar-refractivity contribution in [1.29, 1.82) is 5.26 Å². The van der Waals surface area contributed by atoms with Crippen molar-refractivity contribution < 1.29 is 4.79 Å². The number of hydrogen-bond acceptors (Lipinski definition) is 3. The molecule has 1 aliphatic heterocycles. The third kappa shape index (κ3) is 3.21. The SMILES string of the molecule is Cc1ccc(C#N)cc1C1=CCN(CC(N)=O)CC1. The van der Waals surface area contributed by atoms with Crippen LogP contribution in [0.4, 0.5) is 0 Å². The average Bonchev–Trinajstić information content (AvgIpc) is 2.40. The van der Waals surface area contributed by atoms with Gasteiger partial charge >= 0.3 is 0 Å². The number of nitriles is 1. The molecule has 1 aromatic carbocycles. The Hall–Kier alpha value is -2.12. The quantitative estimate of drug-likeness (QED) is 0.888.